The number of pyridine rings is 1. The summed E-state index contributed by atoms with van der Waals surface area (Å²) in [6.45, 7) is 5.18. The van der Waals surface area contributed by atoms with Gasteiger partial charge in [-0.25, -0.2) is 0 Å². The molecule has 1 N–H and O–H groups in total. The summed E-state index contributed by atoms with van der Waals surface area (Å²) >= 11 is 0. The third kappa shape index (κ3) is 2.61. The Balaban J connectivity index is 2.00. The van der Waals surface area contributed by atoms with E-state index in [1.807, 2.05) is 25.3 Å². The van der Waals surface area contributed by atoms with E-state index in [1.54, 1.807) is 10.6 Å². The maximum atomic E-state index is 11.9. The van der Waals surface area contributed by atoms with Gasteiger partial charge < -0.3 is 5.32 Å². The van der Waals surface area contributed by atoms with Crippen molar-refractivity contribution in [2.45, 2.75) is 26.3 Å². The van der Waals surface area contributed by atoms with Gasteiger partial charge in [0, 0.05) is 24.8 Å². The molecule has 3 heteroatoms. The predicted octanol–water partition coefficient (Wildman–Crippen LogP) is 1.97. The van der Waals surface area contributed by atoms with Gasteiger partial charge in [-0.2, -0.15) is 0 Å². The summed E-state index contributed by atoms with van der Waals surface area (Å²) in [4.78, 5) is 11.9. The number of benzene rings is 1. The minimum Gasteiger partial charge on any atom is -0.311 e. The molecule has 1 aromatic heterocycles. The summed E-state index contributed by atoms with van der Waals surface area (Å²) in [7, 11) is 0. The quantitative estimate of drug-likeness (QED) is 0.851. The summed E-state index contributed by atoms with van der Waals surface area (Å²) in [5.74, 6) is 0. The maximum Gasteiger partial charge on any atom is 0.255 e. The van der Waals surface area contributed by atoms with Crippen LogP contribution in [0.1, 0.15) is 16.7 Å². The zero-order chi connectivity index (χ0) is 13.4. The third-order valence-corrected chi connectivity index (χ3v) is 3.55. The first kappa shape index (κ1) is 12.2. The molecule has 0 amide bonds. The molecule has 1 aliphatic heterocycles. The van der Waals surface area contributed by atoms with Crippen molar-refractivity contribution in [3.05, 3.63) is 63.6 Å². The maximum absolute atomic E-state index is 11.9. The Hall–Kier alpha value is -1.87. The summed E-state index contributed by atoms with van der Waals surface area (Å²) in [5, 5.41) is 3.31. The molecular weight excluding hydrogens is 236 g/mol. The molecular formula is C16H18N2O. The Morgan fingerprint density at radius 3 is 2.74 bits per heavy atom. The molecule has 0 spiro atoms. The third-order valence-electron chi connectivity index (χ3n) is 3.55. The van der Waals surface area contributed by atoms with Crippen molar-refractivity contribution in [1.82, 2.24) is 9.88 Å². The number of nitrogens with one attached hydrogen (secondary N) is 1. The van der Waals surface area contributed by atoms with Gasteiger partial charge in [0.1, 0.15) is 0 Å². The second-order valence-electron chi connectivity index (χ2n) is 5.34. The lowest BCUT2D eigenvalue weighted by Crippen LogP contribution is -2.17. The first-order valence-corrected chi connectivity index (χ1v) is 6.66. The minimum absolute atomic E-state index is 0.0188. The summed E-state index contributed by atoms with van der Waals surface area (Å²) in [6, 6.07) is 10.5. The lowest BCUT2D eigenvalue weighted by atomic mass is 10.1. The fraction of sp³-hybridized carbons (Fsp3) is 0.312. The number of hydrogen-bond acceptors (Lipinski definition) is 2. The Morgan fingerprint density at radius 2 is 2.05 bits per heavy atom. The Labute approximate surface area is 112 Å². The smallest absolute Gasteiger partial charge is 0.255 e. The normalized spacial score (nSPS) is 17.5. The average Bonchev–Trinajstić information content (AvgIpc) is 3.17. The molecule has 98 valence electrons. The van der Waals surface area contributed by atoms with Crippen LogP contribution in [-0.2, 0) is 6.42 Å². The van der Waals surface area contributed by atoms with E-state index in [1.165, 1.54) is 5.56 Å². The van der Waals surface area contributed by atoms with Crippen LogP contribution in [0, 0.1) is 13.8 Å². The van der Waals surface area contributed by atoms with Crippen molar-refractivity contribution >= 4 is 0 Å². The van der Waals surface area contributed by atoms with Crippen LogP contribution >= 0.6 is 0 Å². The number of nitrogens with zero attached hydrogens (tertiary/aromatic N) is 1. The molecule has 1 aliphatic rings. The van der Waals surface area contributed by atoms with E-state index in [2.05, 4.69) is 24.4 Å². The molecule has 3 rings (SSSR count). The Bertz CT molecular complexity index is 669. The molecule has 2 heterocycles. The van der Waals surface area contributed by atoms with Crippen molar-refractivity contribution in [2.75, 3.05) is 6.54 Å². The van der Waals surface area contributed by atoms with Crippen LogP contribution in [0.5, 0.6) is 0 Å². The fourth-order valence-corrected chi connectivity index (χ4v) is 2.41. The molecule has 1 saturated heterocycles. The van der Waals surface area contributed by atoms with E-state index in [9.17, 15) is 4.79 Å². The van der Waals surface area contributed by atoms with Gasteiger partial charge in [0.05, 0.1) is 5.69 Å². The van der Waals surface area contributed by atoms with E-state index in [-0.39, 0.29) is 5.56 Å². The van der Waals surface area contributed by atoms with E-state index in [0.29, 0.717) is 6.04 Å². The molecule has 1 aromatic carbocycles. The van der Waals surface area contributed by atoms with E-state index < -0.39 is 0 Å². The minimum atomic E-state index is 0.0188. The standard InChI is InChI=1S/C16H18N2O/c1-11-3-6-16(19)18(10-11)15-5-4-13(7-12(15)2)8-14-9-17-14/h3-7,10,14,17H,8-9H2,1-2H3. The van der Waals surface area contributed by atoms with Crippen LogP contribution in [0.25, 0.3) is 5.69 Å². The number of rotatable bonds is 3. The van der Waals surface area contributed by atoms with Gasteiger partial charge in [0.15, 0.2) is 0 Å². The second-order valence-corrected chi connectivity index (χ2v) is 5.34. The van der Waals surface area contributed by atoms with Crippen LogP contribution in [0.3, 0.4) is 0 Å². The summed E-state index contributed by atoms with van der Waals surface area (Å²) in [6.07, 6.45) is 2.97. The fourth-order valence-electron chi connectivity index (χ4n) is 2.41. The molecule has 19 heavy (non-hydrogen) atoms. The van der Waals surface area contributed by atoms with Crippen molar-refractivity contribution in [3.8, 4) is 5.69 Å². The Morgan fingerprint density at radius 1 is 1.26 bits per heavy atom. The van der Waals surface area contributed by atoms with E-state index in [4.69, 9.17) is 0 Å². The molecule has 0 bridgehead atoms. The summed E-state index contributed by atoms with van der Waals surface area (Å²) < 4.78 is 1.73. The molecule has 3 nitrogen and oxygen atoms in total. The molecule has 1 atom stereocenters. The number of aromatic nitrogens is 1. The molecule has 0 radical (unpaired) electrons. The summed E-state index contributed by atoms with van der Waals surface area (Å²) in [5.41, 5.74) is 4.56. The van der Waals surface area contributed by atoms with E-state index >= 15 is 0 Å². The Kier molecular flexibility index (Phi) is 2.99. The van der Waals surface area contributed by atoms with Crippen molar-refractivity contribution in [3.63, 3.8) is 0 Å². The van der Waals surface area contributed by atoms with Gasteiger partial charge in [-0.1, -0.05) is 18.2 Å². The van der Waals surface area contributed by atoms with Gasteiger partial charge in [-0.05, 0) is 43.0 Å². The molecule has 1 fully saturated rings. The monoisotopic (exact) mass is 254 g/mol. The van der Waals surface area contributed by atoms with Crippen LogP contribution in [-0.4, -0.2) is 17.2 Å². The highest BCUT2D eigenvalue weighted by Crippen LogP contribution is 2.17. The molecule has 0 saturated carbocycles. The number of aryl methyl sites for hydroxylation is 2. The molecule has 0 aliphatic carbocycles. The molecule has 2 aromatic rings. The van der Waals surface area contributed by atoms with Crippen molar-refractivity contribution in [2.24, 2.45) is 0 Å². The lowest BCUT2D eigenvalue weighted by Gasteiger charge is -2.11. The van der Waals surface area contributed by atoms with Gasteiger partial charge in [-0.3, -0.25) is 9.36 Å². The second kappa shape index (κ2) is 4.67. The zero-order valence-corrected chi connectivity index (χ0v) is 11.3. The van der Waals surface area contributed by atoms with E-state index in [0.717, 1.165) is 29.8 Å². The average molecular weight is 254 g/mol. The number of hydrogen-bond donors (Lipinski definition) is 1. The van der Waals surface area contributed by atoms with Crippen LogP contribution in [0.15, 0.2) is 41.3 Å². The topological polar surface area (TPSA) is 43.9 Å². The molecule has 1 unspecified atom stereocenters. The van der Waals surface area contributed by atoms with Gasteiger partial charge >= 0.3 is 0 Å². The van der Waals surface area contributed by atoms with Crippen LogP contribution < -0.4 is 10.9 Å². The zero-order valence-electron chi connectivity index (χ0n) is 11.3. The SMILES string of the molecule is Cc1ccc(=O)n(-c2ccc(CC3CN3)cc2C)c1. The highest BCUT2D eigenvalue weighted by molar-refractivity contribution is 5.43. The highest BCUT2D eigenvalue weighted by Gasteiger charge is 2.20. The first-order valence-electron chi connectivity index (χ1n) is 6.66. The largest absolute Gasteiger partial charge is 0.311 e. The first-order chi connectivity index (χ1) is 9.13. The highest BCUT2D eigenvalue weighted by atomic mass is 16.1. The van der Waals surface area contributed by atoms with Crippen molar-refractivity contribution < 1.29 is 0 Å². The van der Waals surface area contributed by atoms with Gasteiger partial charge in [0.25, 0.3) is 5.56 Å². The van der Waals surface area contributed by atoms with Gasteiger partial charge in [0.2, 0.25) is 0 Å². The predicted molar refractivity (Wildman–Crippen MR) is 77.0 cm³/mol. The van der Waals surface area contributed by atoms with Crippen molar-refractivity contribution in [1.29, 1.82) is 0 Å². The van der Waals surface area contributed by atoms with Crippen LogP contribution in [0.4, 0.5) is 0 Å². The lowest BCUT2D eigenvalue weighted by molar-refractivity contribution is 0.918. The van der Waals surface area contributed by atoms with Crippen LogP contribution in [0.2, 0.25) is 0 Å². The van der Waals surface area contributed by atoms with Gasteiger partial charge in [-0.15, -0.1) is 0 Å².